The van der Waals surface area contributed by atoms with Crippen LogP contribution in [0, 0.1) is 19.7 Å². The Morgan fingerprint density at radius 1 is 1.47 bits per heavy atom. The summed E-state index contributed by atoms with van der Waals surface area (Å²) in [6, 6.07) is 1.40. The lowest BCUT2D eigenvalue weighted by Gasteiger charge is -2.03. The standard InChI is InChI=1S/C11H10FNO2/c1-5-3-8(12)6(2)9-7(11(14)15)4-13-10(5)9/h3-4,13H,1-2H3,(H,14,15). The lowest BCUT2D eigenvalue weighted by atomic mass is 10.0. The van der Waals surface area contributed by atoms with Crippen LogP contribution in [-0.2, 0) is 0 Å². The second-order valence-corrected chi connectivity index (χ2v) is 3.56. The van der Waals surface area contributed by atoms with E-state index < -0.39 is 5.97 Å². The van der Waals surface area contributed by atoms with Crippen molar-refractivity contribution in [1.82, 2.24) is 4.98 Å². The summed E-state index contributed by atoms with van der Waals surface area (Å²) in [7, 11) is 0. The fourth-order valence-electron chi connectivity index (χ4n) is 1.78. The van der Waals surface area contributed by atoms with E-state index in [4.69, 9.17) is 5.11 Å². The van der Waals surface area contributed by atoms with Crippen LogP contribution in [0.4, 0.5) is 4.39 Å². The molecule has 4 heteroatoms. The fraction of sp³-hybridized carbons (Fsp3) is 0.182. The molecule has 15 heavy (non-hydrogen) atoms. The molecule has 2 N–H and O–H groups in total. The molecule has 2 rings (SSSR count). The Bertz CT molecular complexity index is 557. The molecular weight excluding hydrogens is 197 g/mol. The predicted octanol–water partition coefficient (Wildman–Crippen LogP) is 2.62. The van der Waals surface area contributed by atoms with E-state index in [2.05, 4.69) is 4.98 Å². The molecule has 0 saturated heterocycles. The van der Waals surface area contributed by atoms with Gasteiger partial charge in [-0.25, -0.2) is 9.18 Å². The minimum absolute atomic E-state index is 0.116. The van der Waals surface area contributed by atoms with E-state index in [1.165, 1.54) is 12.3 Å². The van der Waals surface area contributed by atoms with Crippen molar-refractivity contribution in [3.8, 4) is 0 Å². The number of carboxylic acids is 1. The molecule has 0 spiro atoms. The van der Waals surface area contributed by atoms with E-state index in [0.29, 0.717) is 22.0 Å². The topological polar surface area (TPSA) is 53.1 Å². The van der Waals surface area contributed by atoms with Gasteiger partial charge in [0.1, 0.15) is 5.82 Å². The number of benzene rings is 1. The van der Waals surface area contributed by atoms with Gasteiger partial charge in [0.25, 0.3) is 0 Å². The summed E-state index contributed by atoms with van der Waals surface area (Å²) >= 11 is 0. The van der Waals surface area contributed by atoms with Crippen LogP contribution < -0.4 is 0 Å². The van der Waals surface area contributed by atoms with E-state index in [0.717, 1.165) is 0 Å². The minimum Gasteiger partial charge on any atom is -0.478 e. The maximum absolute atomic E-state index is 13.4. The summed E-state index contributed by atoms with van der Waals surface area (Å²) < 4.78 is 13.4. The van der Waals surface area contributed by atoms with Gasteiger partial charge in [-0.15, -0.1) is 0 Å². The smallest absolute Gasteiger partial charge is 0.337 e. The average Bonchev–Trinajstić information content (AvgIpc) is 2.58. The highest BCUT2D eigenvalue weighted by Gasteiger charge is 2.16. The Labute approximate surface area is 85.5 Å². The van der Waals surface area contributed by atoms with E-state index in [9.17, 15) is 9.18 Å². The lowest BCUT2D eigenvalue weighted by molar-refractivity contribution is 0.0699. The number of H-pyrrole nitrogens is 1. The van der Waals surface area contributed by atoms with Crippen molar-refractivity contribution >= 4 is 16.9 Å². The zero-order valence-corrected chi connectivity index (χ0v) is 8.39. The maximum atomic E-state index is 13.4. The second kappa shape index (κ2) is 3.08. The number of nitrogens with one attached hydrogen (secondary N) is 1. The number of carboxylic acid groups (broad SMARTS) is 1. The summed E-state index contributed by atoms with van der Waals surface area (Å²) in [6.45, 7) is 3.32. The largest absolute Gasteiger partial charge is 0.478 e. The molecule has 2 aromatic rings. The molecule has 0 fully saturated rings. The predicted molar refractivity (Wildman–Crippen MR) is 54.7 cm³/mol. The Hall–Kier alpha value is -1.84. The number of rotatable bonds is 1. The van der Waals surface area contributed by atoms with Crippen LogP contribution in [0.25, 0.3) is 10.9 Å². The van der Waals surface area contributed by atoms with Crippen molar-refractivity contribution in [2.45, 2.75) is 13.8 Å². The molecule has 0 aliphatic rings. The zero-order valence-electron chi connectivity index (χ0n) is 8.39. The van der Waals surface area contributed by atoms with Crippen molar-refractivity contribution in [3.63, 3.8) is 0 Å². The molecular formula is C11H10FNO2. The van der Waals surface area contributed by atoms with Gasteiger partial charge in [-0.05, 0) is 31.0 Å². The number of aromatic carboxylic acids is 1. The quantitative estimate of drug-likeness (QED) is 0.755. The number of hydrogen-bond donors (Lipinski definition) is 2. The number of halogens is 1. The monoisotopic (exact) mass is 207 g/mol. The molecule has 3 nitrogen and oxygen atoms in total. The Morgan fingerprint density at radius 3 is 2.73 bits per heavy atom. The molecule has 0 aliphatic carbocycles. The highest BCUT2D eigenvalue weighted by molar-refractivity contribution is 6.05. The van der Waals surface area contributed by atoms with E-state index in [-0.39, 0.29) is 11.4 Å². The summed E-state index contributed by atoms with van der Waals surface area (Å²) in [5.74, 6) is -1.42. The number of aromatic nitrogens is 1. The first kappa shape index (κ1) is 9.71. The van der Waals surface area contributed by atoms with E-state index in [1.54, 1.807) is 13.8 Å². The summed E-state index contributed by atoms with van der Waals surface area (Å²) in [5, 5.41) is 9.39. The second-order valence-electron chi connectivity index (χ2n) is 3.56. The Kier molecular flexibility index (Phi) is 2.00. The number of fused-ring (bicyclic) bond motifs is 1. The number of aromatic amines is 1. The maximum Gasteiger partial charge on any atom is 0.337 e. The zero-order chi connectivity index (χ0) is 11.2. The molecule has 1 aromatic heterocycles. The van der Waals surface area contributed by atoms with Crippen LogP contribution >= 0.6 is 0 Å². The first-order chi connectivity index (χ1) is 7.02. The highest BCUT2D eigenvalue weighted by Crippen LogP contribution is 2.27. The molecule has 0 bridgehead atoms. The van der Waals surface area contributed by atoms with Gasteiger partial charge in [-0.1, -0.05) is 0 Å². The molecule has 0 unspecified atom stereocenters. The van der Waals surface area contributed by atoms with Crippen LogP contribution in [-0.4, -0.2) is 16.1 Å². The van der Waals surface area contributed by atoms with Crippen LogP contribution in [0.15, 0.2) is 12.3 Å². The average molecular weight is 207 g/mol. The van der Waals surface area contributed by atoms with Crippen molar-refractivity contribution < 1.29 is 14.3 Å². The van der Waals surface area contributed by atoms with Gasteiger partial charge in [-0.2, -0.15) is 0 Å². The molecule has 0 radical (unpaired) electrons. The first-order valence-corrected chi connectivity index (χ1v) is 4.52. The van der Waals surface area contributed by atoms with Crippen LogP contribution in [0.1, 0.15) is 21.5 Å². The van der Waals surface area contributed by atoms with Crippen LogP contribution in [0.3, 0.4) is 0 Å². The Morgan fingerprint density at radius 2 is 2.13 bits per heavy atom. The minimum atomic E-state index is -1.05. The lowest BCUT2D eigenvalue weighted by Crippen LogP contribution is -1.96. The first-order valence-electron chi connectivity index (χ1n) is 4.52. The van der Waals surface area contributed by atoms with Crippen molar-refractivity contribution in [2.75, 3.05) is 0 Å². The van der Waals surface area contributed by atoms with Gasteiger partial charge in [0, 0.05) is 17.1 Å². The molecule has 0 aliphatic heterocycles. The van der Waals surface area contributed by atoms with Gasteiger partial charge in [-0.3, -0.25) is 0 Å². The third kappa shape index (κ3) is 1.29. The fourth-order valence-corrected chi connectivity index (χ4v) is 1.78. The van der Waals surface area contributed by atoms with E-state index in [1.807, 2.05) is 0 Å². The van der Waals surface area contributed by atoms with Gasteiger partial charge < -0.3 is 10.1 Å². The summed E-state index contributed by atoms with van der Waals surface area (Å²) in [6.07, 6.45) is 1.40. The summed E-state index contributed by atoms with van der Waals surface area (Å²) in [4.78, 5) is 13.8. The van der Waals surface area contributed by atoms with Crippen molar-refractivity contribution in [1.29, 1.82) is 0 Å². The highest BCUT2D eigenvalue weighted by atomic mass is 19.1. The molecule has 0 saturated carbocycles. The van der Waals surface area contributed by atoms with E-state index >= 15 is 0 Å². The van der Waals surface area contributed by atoms with Gasteiger partial charge in [0.05, 0.1) is 5.56 Å². The van der Waals surface area contributed by atoms with Crippen molar-refractivity contribution in [3.05, 3.63) is 34.8 Å². The van der Waals surface area contributed by atoms with Gasteiger partial charge in [0.15, 0.2) is 0 Å². The third-order valence-electron chi connectivity index (χ3n) is 2.58. The molecule has 1 aromatic carbocycles. The number of aryl methyl sites for hydroxylation is 2. The normalized spacial score (nSPS) is 10.9. The number of carbonyl (C=O) groups is 1. The molecule has 0 atom stereocenters. The van der Waals surface area contributed by atoms with Crippen LogP contribution in [0.5, 0.6) is 0 Å². The van der Waals surface area contributed by atoms with Gasteiger partial charge >= 0.3 is 5.97 Å². The van der Waals surface area contributed by atoms with Crippen LogP contribution in [0.2, 0.25) is 0 Å². The third-order valence-corrected chi connectivity index (χ3v) is 2.58. The molecule has 1 heterocycles. The number of hydrogen-bond acceptors (Lipinski definition) is 1. The SMILES string of the molecule is Cc1cc(F)c(C)c2c(C(=O)O)c[nH]c12. The molecule has 0 amide bonds. The van der Waals surface area contributed by atoms with Crippen molar-refractivity contribution in [2.24, 2.45) is 0 Å². The molecule has 78 valence electrons. The summed E-state index contributed by atoms with van der Waals surface area (Å²) in [5.41, 5.74) is 1.88. The van der Waals surface area contributed by atoms with Gasteiger partial charge in [0.2, 0.25) is 0 Å². The Balaban J connectivity index is 2.95.